The minimum atomic E-state index is -0.208. The first-order valence-electron chi connectivity index (χ1n) is 9.20. The Hall–Kier alpha value is -0.760. The van der Waals surface area contributed by atoms with Gasteiger partial charge >= 0.3 is 0 Å². The molecular formula is C18H29Cl3N4O2. The van der Waals surface area contributed by atoms with E-state index in [0.29, 0.717) is 27.4 Å². The van der Waals surface area contributed by atoms with Gasteiger partial charge in [0, 0.05) is 12.6 Å². The standard InChI is InChI=1S/C18H29Cl3N4O2/c19-14-11-16(21)17(12-15(14)20)27-13-18(26)25-10-4-9-24-7-2-1-6-23-8-3-5-22/h11-12,23-24H,1-10,13,22H2,(H,25,26). The summed E-state index contributed by atoms with van der Waals surface area (Å²) in [6.07, 6.45) is 4.15. The zero-order valence-electron chi connectivity index (χ0n) is 15.5. The Morgan fingerprint density at radius 1 is 0.852 bits per heavy atom. The number of carbonyl (C=O) groups is 1. The van der Waals surface area contributed by atoms with Crippen LogP contribution in [-0.2, 0) is 4.79 Å². The van der Waals surface area contributed by atoms with E-state index in [1.54, 1.807) is 0 Å². The molecule has 0 bridgehead atoms. The van der Waals surface area contributed by atoms with Crippen LogP contribution >= 0.6 is 34.8 Å². The van der Waals surface area contributed by atoms with E-state index in [4.69, 9.17) is 45.3 Å². The lowest BCUT2D eigenvalue weighted by atomic mass is 10.3. The first-order chi connectivity index (χ1) is 13.0. The average molecular weight is 440 g/mol. The number of ether oxygens (including phenoxy) is 1. The van der Waals surface area contributed by atoms with Crippen LogP contribution in [0.4, 0.5) is 0 Å². The van der Waals surface area contributed by atoms with Gasteiger partial charge in [0.25, 0.3) is 5.91 Å². The number of amides is 1. The molecule has 0 spiro atoms. The highest BCUT2D eigenvalue weighted by Crippen LogP contribution is 2.33. The zero-order chi connectivity index (χ0) is 19.9. The molecule has 0 radical (unpaired) electrons. The van der Waals surface area contributed by atoms with E-state index < -0.39 is 0 Å². The molecule has 1 aromatic carbocycles. The van der Waals surface area contributed by atoms with Crippen molar-refractivity contribution in [3.63, 3.8) is 0 Å². The minimum Gasteiger partial charge on any atom is -0.482 e. The van der Waals surface area contributed by atoms with Crippen LogP contribution in [0.5, 0.6) is 5.75 Å². The topological polar surface area (TPSA) is 88.4 Å². The molecule has 0 aromatic heterocycles. The van der Waals surface area contributed by atoms with Crippen molar-refractivity contribution >= 4 is 40.7 Å². The van der Waals surface area contributed by atoms with Gasteiger partial charge in [-0.25, -0.2) is 0 Å². The fraction of sp³-hybridized carbons (Fsp3) is 0.611. The molecule has 0 fully saturated rings. The monoisotopic (exact) mass is 438 g/mol. The number of nitrogens with one attached hydrogen (secondary N) is 3. The van der Waals surface area contributed by atoms with Gasteiger partial charge < -0.3 is 26.4 Å². The van der Waals surface area contributed by atoms with E-state index in [2.05, 4.69) is 16.0 Å². The van der Waals surface area contributed by atoms with Crippen molar-refractivity contribution in [2.75, 3.05) is 45.9 Å². The van der Waals surface area contributed by atoms with E-state index in [9.17, 15) is 4.79 Å². The van der Waals surface area contributed by atoms with Crippen molar-refractivity contribution in [2.24, 2.45) is 5.73 Å². The summed E-state index contributed by atoms with van der Waals surface area (Å²) in [5.41, 5.74) is 5.43. The second-order valence-corrected chi connectivity index (χ2v) is 7.26. The summed E-state index contributed by atoms with van der Waals surface area (Å²) >= 11 is 17.8. The highest BCUT2D eigenvalue weighted by atomic mass is 35.5. The van der Waals surface area contributed by atoms with Gasteiger partial charge in [0.15, 0.2) is 6.61 Å². The normalized spacial score (nSPS) is 10.8. The fourth-order valence-corrected chi connectivity index (χ4v) is 2.82. The van der Waals surface area contributed by atoms with E-state index in [1.807, 2.05) is 0 Å². The number of nitrogens with two attached hydrogens (primary N) is 1. The van der Waals surface area contributed by atoms with Gasteiger partial charge in [-0.15, -0.1) is 0 Å². The molecule has 1 rings (SSSR count). The first kappa shape index (κ1) is 24.3. The number of carbonyl (C=O) groups excluding carboxylic acids is 1. The number of benzene rings is 1. The Labute approximate surface area is 176 Å². The lowest BCUT2D eigenvalue weighted by molar-refractivity contribution is -0.123. The molecule has 6 nitrogen and oxygen atoms in total. The molecule has 0 aliphatic rings. The summed E-state index contributed by atoms with van der Waals surface area (Å²) in [7, 11) is 0. The van der Waals surface area contributed by atoms with Crippen LogP contribution in [0, 0.1) is 0 Å². The molecule has 27 heavy (non-hydrogen) atoms. The van der Waals surface area contributed by atoms with E-state index in [-0.39, 0.29) is 12.5 Å². The number of halogens is 3. The van der Waals surface area contributed by atoms with Crippen molar-refractivity contribution in [3.05, 3.63) is 27.2 Å². The predicted molar refractivity (Wildman–Crippen MR) is 113 cm³/mol. The Morgan fingerprint density at radius 2 is 1.44 bits per heavy atom. The minimum absolute atomic E-state index is 0.123. The molecule has 0 saturated carbocycles. The van der Waals surface area contributed by atoms with Gasteiger partial charge in [0.1, 0.15) is 5.75 Å². The van der Waals surface area contributed by atoms with Crippen LogP contribution in [-0.4, -0.2) is 51.8 Å². The van der Waals surface area contributed by atoms with Crippen LogP contribution in [0.3, 0.4) is 0 Å². The maximum Gasteiger partial charge on any atom is 0.257 e. The molecule has 5 N–H and O–H groups in total. The summed E-state index contributed by atoms with van der Waals surface area (Å²) in [6.45, 7) is 5.06. The van der Waals surface area contributed by atoms with Crippen LogP contribution in [0.25, 0.3) is 0 Å². The van der Waals surface area contributed by atoms with Crippen LogP contribution in [0.1, 0.15) is 25.7 Å². The molecule has 0 saturated heterocycles. The molecule has 9 heteroatoms. The molecule has 0 aliphatic heterocycles. The molecule has 0 aliphatic carbocycles. The molecule has 154 valence electrons. The summed E-state index contributed by atoms with van der Waals surface area (Å²) in [6, 6.07) is 2.98. The number of rotatable bonds is 15. The lowest BCUT2D eigenvalue weighted by Gasteiger charge is -2.10. The van der Waals surface area contributed by atoms with Gasteiger partial charge in [-0.3, -0.25) is 4.79 Å². The Balaban J connectivity index is 1.98. The number of unbranched alkanes of at least 4 members (excludes halogenated alkanes) is 1. The third-order valence-corrected chi connectivity index (χ3v) is 4.72. The zero-order valence-corrected chi connectivity index (χ0v) is 17.7. The maximum absolute atomic E-state index is 11.8. The SMILES string of the molecule is NCCCNCCCCNCCCNC(=O)COc1cc(Cl)c(Cl)cc1Cl. The van der Waals surface area contributed by atoms with Gasteiger partial charge in [0.05, 0.1) is 15.1 Å². The highest BCUT2D eigenvalue weighted by molar-refractivity contribution is 6.43. The smallest absolute Gasteiger partial charge is 0.257 e. The van der Waals surface area contributed by atoms with E-state index in [0.717, 1.165) is 58.4 Å². The summed E-state index contributed by atoms with van der Waals surface area (Å²) in [5, 5.41) is 10.5. The van der Waals surface area contributed by atoms with Crippen molar-refractivity contribution in [2.45, 2.75) is 25.7 Å². The summed E-state index contributed by atoms with van der Waals surface area (Å²) in [5.74, 6) is 0.126. The highest BCUT2D eigenvalue weighted by Gasteiger charge is 2.09. The Morgan fingerprint density at radius 3 is 2.11 bits per heavy atom. The third-order valence-electron chi connectivity index (χ3n) is 3.70. The lowest BCUT2D eigenvalue weighted by Crippen LogP contribution is -2.31. The van der Waals surface area contributed by atoms with Crippen LogP contribution in [0.15, 0.2) is 12.1 Å². The van der Waals surface area contributed by atoms with Gasteiger partial charge in [0.2, 0.25) is 0 Å². The number of hydrogen-bond acceptors (Lipinski definition) is 5. The largest absolute Gasteiger partial charge is 0.482 e. The fourth-order valence-electron chi connectivity index (χ4n) is 2.23. The predicted octanol–water partition coefficient (Wildman–Crippen LogP) is 2.84. The van der Waals surface area contributed by atoms with Crippen molar-refractivity contribution in [1.29, 1.82) is 0 Å². The second kappa shape index (κ2) is 15.2. The number of hydrogen-bond donors (Lipinski definition) is 4. The van der Waals surface area contributed by atoms with Gasteiger partial charge in [-0.1, -0.05) is 34.8 Å². The van der Waals surface area contributed by atoms with Gasteiger partial charge in [-0.05, 0) is 64.5 Å². The molecule has 1 amide bonds. The van der Waals surface area contributed by atoms with Crippen molar-refractivity contribution in [1.82, 2.24) is 16.0 Å². The molecule has 0 atom stereocenters. The van der Waals surface area contributed by atoms with Crippen LogP contribution in [0.2, 0.25) is 15.1 Å². The third kappa shape index (κ3) is 11.6. The average Bonchev–Trinajstić information content (AvgIpc) is 2.64. The maximum atomic E-state index is 11.8. The molecular weight excluding hydrogens is 411 g/mol. The van der Waals surface area contributed by atoms with Crippen LogP contribution < -0.4 is 26.4 Å². The second-order valence-electron chi connectivity index (χ2n) is 6.04. The molecule has 0 unspecified atom stereocenters. The van der Waals surface area contributed by atoms with Crippen molar-refractivity contribution in [3.8, 4) is 5.75 Å². The first-order valence-corrected chi connectivity index (χ1v) is 10.3. The Bertz CT molecular complexity index is 562. The summed E-state index contributed by atoms with van der Waals surface area (Å²) in [4.78, 5) is 11.8. The molecule has 0 heterocycles. The Kier molecular flexibility index (Phi) is 13.7. The van der Waals surface area contributed by atoms with E-state index in [1.165, 1.54) is 12.1 Å². The van der Waals surface area contributed by atoms with Crippen molar-refractivity contribution < 1.29 is 9.53 Å². The molecule has 1 aromatic rings. The summed E-state index contributed by atoms with van der Waals surface area (Å²) < 4.78 is 5.38. The van der Waals surface area contributed by atoms with E-state index >= 15 is 0 Å². The quantitative estimate of drug-likeness (QED) is 0.249. The van der Waals surface area contributed by atoms with Gasteiger partial charge in [-0.2, -0.15) is 0 Å².